The Bertz CT molecular complexity index is 610. The summed E-state index contributed by atoms with van der Waals surface area (Å²) in [5.41, 5.74) is 0.821. The number of ether oxygens (including phenoxy) is 1. The van der Waals surface area contributed by atoms with E-state index in [0.717, 1.165) is 4.90 Å². The number of nitrogens with zero attached hydrogens (tertiary/aromatic N) is 2. The number of hydrogen-bond acceptors (Lipinski definition) is 4. The average Bonchev–Trinajstić information content (AvgIpc) is 2.50. The molecule has 0 unspecified atom stereocenters. The largest absolute Gasteiger partial charge is 0.482 e. The van der Waals surface area contributed by atoms with Crippen molar-refractivity contribution in [3.63, 3.8) is 0 Å². The highest BCUT2D eigenvalue weighted by Gasteiger charge is 2.28. The molecule has 1 heterocycles. The molecule has 22 heavy (non-hydrogen) atoms. The van der Waals surface area contributed by atoms with Crippen LogP contribution >= 0.6 is 0 Å². The number of carbonyl (C=O) groups excluding carboxylic acids is 2. The van der Waals surface area contributed by atoms with Gasteiger partial charge in [0.1, 0.15) is 12.3 Å². The van der Waals surface area contributed by atoms with Gasteiger partial charge in [-0.05, 0) is 32.0 Å². The van der Waals surface area contributed by atoms with Crippen molar-refractivity contribution in [1.82, 2.24) is 4.90 Å². The van der Waals surface area contributed by atoms with Gasteiger partial charge < -0.3 is 14.7 Å². The Hall–Kier alpha value is -2.57. The van der Waals surface area contributed by atoms with Gasteiger partial charge in [0, 0.05) is 18.7 Å². The van der Waals surface area contributed by atoms with E-state index >= 15 is 0 Å². The highest BCUT2D eigenvalue weighted by atomic mass is 16.5. The Balaban J connectivity index is 2.33. The van der Waals surface area contributed by atoms with E-state index in [0.29, 0.717) is 30.1 Å². The maximum Gasteiger partial charge on any atom is 0.323 e. The molecule has 1 aromatic rings. The van der Waals surface area contributed by atoms with Gasteiger partial charge in [0.2, 0.25) is 0 Å². The number of anilines is 1. The van der Waals surface area contributed by atoms with E-state index in [1.54, 1.807) is 23.1 Å². The SMILES string of the molecule is CCN(CC)C(=O)c1ccc2c(c1)OCC(=O)N2CC(=O)O. The quantitative estimate of drug-likeness (QED) is 0.876. The number of aliphatic carboxylic acids is 1. The first-order valence-corrected chi connectivity index (χ1v) is 7.06. The smallest absolute Gasteiger partial charge is 0.323 e. The predicted molar refractivity (Wildman–Crippen MR) is 79.2 cm³/mol. The van der Waals surface area contributed by atoms with Crippen LogP contribution in [0.1, 0.15) is 24.2 Å². The highest BCUT2D eigenvalue weighted by molar-refractivity contribution is 6.02. The summed E-state index contributed by atoms with van der Waals surface area (Å²) in [5, 5.41) is 8.89. The Morgan fingerprint density at radius 1 is 1.32 bits per heavy atom. The zero-order chi connectivity index (χ0) is 16.3. The van der Waals surface area contributed by atoms with Crippen molar-refractivity contribution in [1.29, 1.82) is 0 Å². The molecule has 0 atom stereocenters. The van der Waals surface area contributed by atoms with E-state index in [9.17, 15) is 14.4 Å². The molecule has 0 aromatic heterocycles. The zero-order valence-electron chi connectivity index (χ0n) is 12.5. The molecule has 7 nitrogen and oxygen atoms in total. The molecule has 7 heteroatoms. The minimum absolute atomic E-state index is 0.127. The second-order valence-electron chi connectivity index (χ2n) is 4.82. The van der Waals surface area contributed by atoms with Crippen LogP contribution in [0.4, 0.5) is 5.69 Å². The van der Waals surface area contributed by atoms with Gasteiger partial charge in [-0.2, -0.15) is 0 Å². The van der Waals surface area contributed by atoms with Crippen LogP contribution in [0.2, 0.25) is 0 Å². The molecule has 2 rings (SSSR count). The van der Waals surface area contributed by atoms with Crippen LogP contribution in [0.3, 0.4) is 0 Å². The lowest BCUT2D eigenvalue weighted by Crippen LogP contribution is -2.42. The van der Waals surface area contributed by atoms with E-state index in [2.05, 4.69) is 0 Å². The van der Waals surface area contributed by atoms with Crippen LogP contribution < -0.4 is 9.64 Å². The lowest BCUT2D eigenvalue weighted by molar-refractivity contribution is -0.137. The highest BCUT2D eigenvalue weighted by Crippen LogP contribution is 2.33. The maximum atomic E-state index is 12.3. The molecule has 2 amide bonds. The van der Waals surface area contributed by atoms with Crippen molar-refractivity contribution < 1.29 is 24.2 Å². The third-order valence-corrected chi connectivity index (χ3v) is 3.49. The summed E-state index contributed by atoms with van der Waals surface area (Å²) in [6.45, 7) is 4.31. The molecule has 0 spiro atoms. The fraction of sp³-hybridized carbons (Fsp3) is 0.400. The van der Waals surface area contributed by atoms with Gasteiger partial charge in [-0.1, -0.05) is 0 Å². The normalized spacial score (nSPS) is 13.4. The van der Waals surface area contributed by atoms with Crippen molar-refractivity contribution in [2.75, 3.05) is 31.1 Å². The van der Waals surface area contributed by atoms with Crippen molar-refractivity contribution >= 4 is 23.5 Å². The second-order valence-corrected chi connectivity index (χ2v) is 4.82. The number of carboxylic acid groups (broad SMARTS) is 1. The second kappa shape index (κ2) is 6.46. The molecule has 0 aliphatic carbocycles. The molecular weight excluding hydrogens is 288 g/mol. The minimum Gasteiger partial charge on any atom is -0.482 e. The summed E-state index contributed by atoms with van der Waals surface area (Å²) in [6, 6.07) is 4.68. The van der Waals surface area contributed by atoms with Gasteiger partial charge in [-0.3, -0.25) is 19.3 Å². The number of hydrogen-bond donors (Lipinski definition) is 1. The number of carbonyl (C=O) groups is 3. The summed E-state index contributed by atoms with van der Waals surface area (Å²) in [6.07, 6.45) is 0. The first-order chi connectivity index (χ1) is 10.5. The summed E-state index contributed by atoms with van der Waals surface area (Å²) in [7, 11) is 0. The summed E-state index contributed by atoms with van der Waals surface area (Å²) < 4.78 is 5.33. The van der Waals surface area contributed by atoms with Crippen molar-refractivity contribution in [2.24, 2.45) is 0 Å². The van der Waals surface area contributed by atoms with Gasteiger partial charge in [0.15, 0.2) is 6.61 Å². The van der Waals surface area contributed by atoms with Gasteiger partial charge >= 0.3 is 5.97 Å². The van der Waals surface area contributed by atoms with Crippen LogP contribution in [-0.4, -0.2) is 54.0 Å². The van der Waals surface area contributed by atoms with Crippen molar-refractivity contribution in [2.45, 2.75) is 13.8 Å². The molecule has 0 bridgehead atoms. The Labute approximate surface area is 128 Å². The number of fused-ring (bicyclic) bond motifs is 1. The topological polar surface area (TPSA) is 87.2 Å². The predicted octanol–water partition coefficient (Wildman–Crippen LogP) is 0.979. The lowest BCUT2D eigenvalue weighted by Gasteiger charge is -2.28. The van der Waals surface area contributed by atoms with E-state index < -0.39 is 18.4 Å². The minimum atomic E-state index is -1.11. The first-order valence-electron chi connectivity index (χ1n) is 7.06. The number of carboxylic acids is 1. The molecule has 0 fully saturated rings. The van der Waals surface area contributed by atoms with E-state index in [-0.39, 0.29) is 12.5 Å². The van der Waals surface area contributed by atoms with Crippen molar-refractivity contribution in [3.05, 3.63) is 23.8 Å². The van der Waals surface area contributed by atoms with E-state index in [1.165, 1.54) is 0 Å². The molecule has 1 N–H and O–H groups in total. The maximum absolute atomic E-state index is 12.3. The number of amides is 2. The van der Waals surface area contributed by atoms with Crippen molar-refractivity contribution in [3.8, 4) is 5.75 Å². The molecule has 1 aromatic carbocycles. The Kier molecular flexibility index (Phi) is 4.65. The van der Waals surface area contributed by atoms with Crippen LogP contribution in [0.5, 0.6) is 5.75 Å². The van der Waals surface area contributed by atoms with Crippen LogP contribution in [0, 0.1) is 0 Å². The van der Waals surface area contributed by atoms with Crippen LogP contribution in [-0.2, 0) is 9.59 Å². The summed E-state index contributed by atoms with van der Waals surface area (Å²) >= 11 is 0. The van der Waals surface area contributed by atoms with E-state index in [1.807, 2.05) is 13.8 Å². The van der Waals surface area contributed by atoms with Crippen LogP contribution in [0.25, 0.3) is 0 Å². The summed E-state index contributed by atoms with van der Waals surface area (Å²) in [5.74, 6) is -1.31. The van der Waals surface area contributed by atoms with E-state index in [4.69, 9.17) is 9.84 Å². The lowest BCUT2D eigenvalue weighted by atomic mass is 10.1. The third-order valence-electron chi connectivity index (χ3n) is 3.49. The molecule has 0 saturated carbocycles. The Morgan fingerprint density at radius 2 is 2.00 bits per heavy atom. The average molecular weight is 306 g/mol. The zero-order valence-corrected chi connectivity index (χ0v) is 12.5. The van der Waals surface area contributed by atoms with Gasteiger partial charge in [0.25, 0.3) is 11.8 Å². The van der Waals surface area contributed by atoms with Gasteiger partial charge in [0.05, 0.1) is 5.69 Å². The van der Waals surface area contributed by atoms with Crippen LogP contribution in [0.15, 0.2) is 18.2 Å². The van der Waals surface area contributed by atoms with Gasteiger partial charge in [-0.25, -0.2) is 0 Å². The first kappa shape index (κ1) is 15.8. The molecule has 0 saturated heterocycles. The molecule has 118 valence electrons. The molecule has 1 aliphatic heterocycles. The standard InChI is InChI=1S/C15H18N2O5/c1-3-16(4-2)15(21)10-5-6-11-12(7-10)22-9-13(18)17(11)8-14(19)20/h5-7H,3-4,8-9H2,1-2H3,(H,19,20). The number of benzene rings is 1. The molecular formula is C15H18N2O5. The third kappa shape index (κ3) is 3.03. The number of rotatable bonds is 5. The summed E-state index contributed by atoms with van der Waals surface area (Å²) in [4.78, 5) is 37.8. The fourth-order valence-corrected chi connectivity index (χ4v) is 2.34. The molecule has 0 radical (unpaired) electrons. The fourth-order valence-electron chi connectivity index (χ4n) is 2.34. The van der Waals surface area contributed by atoms with Gasteiger partial charge in [-0.15, -0.1) is 0 Å². The molecule has 1 aliphatic rings. The monoisotopic (exact) mass is 306 g/mol. The Morgan fingerprint density at radius 3 is 2.59 bits per heavy atom.